The quantitative estimate of drug-likeness (QED) is 0.580. The average Bonchev–Trinajstić information content (AvgIpc) is 3.37. The van der Waals surface area contributed by atoms with Crippen LogP contribution in [0.5, 0.6) is 0 Å². The lowest BCUT2D eigenvalue weighted by Gasteiger charge is -2.27. The Balaban J connectivity index is 1.66. The Bertz CT molecular complexity index is 1080. The van der Waals surface area contributed by atoms with Crippen molar-refractivity contribution in [2.75, 3.05) is 4.90 Å². The molecule has 1 aromatic heterocycles. The molecule has 2 heterocycles. The standard InChI is InChI=1S/C23H19FN2O3S/c1-15-4-6-16(7-5-15)14-25(23(29)20-3-2-12-30-20)19-13-21(27)26(22(19)28)18-10-8-17(24)9-11-18/h2-12,19H,13-14H2,1H3. The minimum atomic E-state index is -0.918. The molecule has 1 unspecified atom stereocenters. The molecule has 7 heteroatoms. The normalized spacial score (nSPS) is 16.2. The molecule has 5 nitrogen and oxygen atoms in total. The van der Waals surface area contributed by atoms with Gasteiger partial charge in [0.15, 0.2) is 0 Å². The van der Waals surface area contributed by atoms with Crippen LogP contribution in [0, 0.1) is 12.7 Å². The predicted octanol–water partition coefficient (Wildman–Crippen LogP) is 4.17. The van der Waals surface area contributed by atoms with Gasteiger partial charge >= 0.3 is 0 Å². The molecule has 3 aromatic rings. The molecule has 3 amide bonds. The molecule has 1 aliphatic rings. The Labute approximate surface area is 177 Å². The number of carbonyl (C=O) groups excluding carboxylic acids is 3. The summed E-state index contributed by atoms with van der Waals surface area (Å²) in [4.78, 5) is 42.1. The number of hydrogen-bond acceptors (Lipinski definition) is 4. The first kappa shape index (κ1) is 20.0. The second-order valence-electron chi connectivity index (χ2n) is 7.16. The summed E-state index contributed by atoms with van der Waals surface area (Å²) < 4.78 is 13.3. The third kappa shape index (κ3) is 3.89. The number of imide groups is 1. The summed E-state index contributed by atoms with van der Waals surface area (Å²) in [6.45, 7) is 2.18. The third-order valence-electron chi connectivity index (χ3n) is 5.05. The van der Waals surface area contributed by atoms with Crippen LogP contribution >= 0.6 is 11.3 Å². The van der Waals surface area contributed by atoms with E-state index in [1.165, 1.54) is 40.5 Å². The zero-order chi connectivity index (χ0) is 21.3. The van der Waals surface area contributed by atoms with E-state index in [1.54, 1.807) is 17.5 Å². The van der Waals surface area contributed by atoms with E-state index in [1.807, 2.05) is 31.2 Å². The number of hydrogen-bond donors (Lipinski definition) is 0. The second-order valence-corrected chi connectivity index (χ2v) is 8.11. The molecule has 0 radical (unpaired) electrons. The molecule has 0 N–H and O–H groups in total. The van der Waals surface area contributed by atoms with E-state index in [9.17, 15) is 18.8 Å². The third-order valence-corrected chi connectivity index (χ3v) is 5.91. The van der Waals surface area contributed by atoms with Crippen LogP contribution < -0.4 is 4.90 Å². The van der Waals surface area contributed by atoms with Gasteiger partial charge in [0.05, 0.1) is 17.0 Å². The van der Waals surface area contributed by atoms with Crippen LogP contribution in [0.4, 0.5) is 10.1 Å². The van der Waals surface area contributed by atoms with E-state index in [0.717, 1.165) is 16.0 Å². The highest BCUT2D eigenvalue weighted by Crippen LogP contribution is 2.28. The Morgan fingerprint density at radius 3 is 2.43 bits per heavy atom. The van der Waals surface area contributed by atoms with Crippen molar-refractivity contribution >= 4 is 34.7 Å². The highest BCUT2D eigenvalue weighted by Gasteiger charge is 2.44. The smallest absolute Gasteiger partial charge is 0.264 e. The van der Waals surface area contributed by atoms with Gasteiger partial charge < -0.3 is 4.90 Å². The van der Waals surface area contributed by atoms with E-state index in [2.05, 4.69) is 0 Å². The van der Waals surface area contributed by atoms with Crippen molar-refractivity contribution < 1.29 is 18.8 Å². The number of nitrogens with zero attached hydrogens (tertiary/aromatic N) is 2. The van der Waals surface area contributed by atoms with Gasteiger partial charge in [0.2, 0.25) is 5.91 Å². The summed E-state index contributed by atoms with van der Waals surface area (Å²) >= 11 is 1.29. The van der Waals surface area contributed by atoms with Gasteiger partial charge in [-0.05, 0) is 48.2 Å². The number of aryl methyl sites for hydroxylation is 1. The Hall–Kier alpha value is -3.32. The topological polar surface area (TPSA) is 57.7 Å². The highest BCUT2D eigenvalue weighted by atomic mass is 32.1. The first-order valence-electron chi connectivity index (χ1n) is 9.46. The van der Waals surface area contributed by atoms with Crippen molar-refractivity contribution in [2.24, 2.45) is 0 Å². The largest absolute Gasteiger partial charge is 0.321 e. The lowest BCUT2D eigenvalue weighted by molar-refractivity contribution is -0.122. The lowest BCUT2D eigenvalue weighted by atomic mass is 10.1. The van der Waals surface area contributed by atoms with Gasteiger partial charge in [-0.2, -0.15) is 0 Å². The van der Waals surface area contributed by atoms with E-state index in [4.69, 9.17) is 0 Å². The fraction of sp³-hybridized carbons (Fsp3) is 0.174. The number of anilines is 1. The molecule has 1 fully saturated rings. The van der Waals surface area contributed by atoms with Gasteiger partial charge in [0, 0.05) is 6.54 Å². The van der Waals surface area contributed by atoms with Gasteiger partial charge in [-0.15, -0.1) is 11.3 Å². The lowest BCUT2D eigenvalue weighted by Crippen LogP contribution is -2.44. The molecule has 0 spiro atoms. The van der Waals surface area contributed by atoms with E-state index < -0.39 is 23.7 Å². The van der Waals surface area contributed by atoms with Gasteiger partial charge in [-0.25, -0.2) is 9.29 Å². The maximum absolute atomic E-state index is 13.3. The summed E-state index contributed by atoms with van der Waals surface area (Å²) in [6, 6.07) is 15.4. The molecule has 30 heavy (non-hydrogen) atoms. The van der Waals surface area contributed by atoms with Crippen LogP contribution in [0.2, 0.25) is 0 Å². The van der Waals surface area contributed by atoms with Crippen LogP contribution in [0.15, 0.2) is 66.0 Å². The summed E-state index contributed by atoms with van der Waals surface area (Å²) in [7, 11) is 0. The molecule has 1 atom stereocenters. The number of carbonyl (C=O) groups is 3. The van der Waals surface area contributed by atoms with Crippen molar-refractivity contribution in [2.45, 2.75) is 25.9 Å². The summed E-state index contributed by atoms with van der Waals surface area (Å²) in [5.74, 6) is -1.64. The fourth-order valence-corrected chi connectivity index (χ4v) is 4.16. The summed E-state index contributed by atoms with van der Waals surface area (Å²) in [5, 5.41) is 1.80. The summed E-state index contributed by atoms with van der Waals surface area (Å²) in [6.07, 6.45) is -0.112. The zero-order valence-corrected chi connectivity index (χ0v) is 17.1. The maximum atomic E-state index is 13.3. The van der Waals surface area contributed by atoms with Crippen molar-refractivity contribution in [1.29, 1.82) is 0 Å². The van der Waals surface area contributed by atoms with Crippen molar-refractivity contribution in [1.82, 2.24) is 4.90 Å². The molecule has 0 saturated carbocycles. The van der Waals surface area contributed by atoms with Gasteiger partial charge in [0.25, 0.3) is 11.8 Å². The van der Waals surface area contributed by atoms with Crippen LogP contribution in [0.3, 0.4) is 0 Å². The number of benzene rings is 2. The van der Waals surface area contributed by atoms with Crippen molar-refractivity contribution in [3.63, 3.8) is 0 Å². The zero-order valence-electron chi connectivity index (χ0n) is 16.2. The molecule has 0 bridgehead atoms. The average molecular weight is 422 g/mol. The molecule has 2 aromatic carbocycles. The Morgan fingerprint density at radius 2 is 1.80 bits per heavy atom. The molecule has 0 aliphatic carbocycles. The predicted molar refractivity (Wildman–Crippen MR) is 113 cm³/mol. The number of thiophene rings is 1. The molecular weight excluding hydrogens is 403 g/mol. The van der Waals surface area contributed by atoms with Crippen LogP contribution in [0.1, 0.15) is 27.2 Å². The first-order valence-corrected chi connectivity index (χ1v) is 10.3. The molecular formula is C23H19FN2O3S. The second kappa shape index (κ2) is 8.20. The van der Waals surface area contributed by atoms with Gasteiger partial charge in [-0.1, -0.05) is 35.9 Å². The SMILES string of the molecule is Cc1ccc(CN(C(=O)c2cccs2)C2CC(=O)N(c3ccc(F)cc3)C2=O)cc1. The fourth-order valence-electron chi connectivity index (χ4n) is 3.48. The molecule has 152 valence electrons. The Kier molecular flexibility index (Phi) is 5.46. The number of amides is 3. The van der Waals surface area contributed by atoms with E-state index in [-0.39, 0.29) is 18.9 Å². The number of rotatable bonds is 5. The Morgan fingerprint density at radius 1 is 1.10 bits per heavy atom. The monoisotopic (exact) mass is 422 g/mol. The summed E-state index contributed by atoms with van der Waals surface area (Å²) in [5.41, 5.74) is 2.25. The maximum Gasteiger partial charge on any atom is 0.264 e. The van der Waals surface area contributed by atoms with Crippen LogP contribution in [-0.4, -0.2) is 28.7 Å². The minimum absolute atomic E-state index is 0.112. The first-order chi connectivity index (χ1) is 14.4. The van der Waals surface area contributed by atoms with E-state index >= 15 is 0 Å². The number of halogens is 1. The van der Waals surface area contributed by atoms with Crippen LogP contribution in [0.25, 0.3) is 0 Å². The van der Waals surface area contributed by atoms with Crippen molar-refractivity contribution in [3.05, 3.63) is 87.9 Å². The highest BCUT2D eigenvalue weighted by molar-refractivity contribution is 7.12. The van der Waals surface area contributed by atoms with Gasteiger partial charge in [-0.3, -0.25) is 14.4 Å². The molecule has 1 saturated heterocycles. The molecule has 4 rings (SSSR count). The molecule has 1 aliphatic heterocycles. The van der Waals surface area contributed by atoms with Crippen molar-refractivity contribution in [3.8, 4) is 0 Å². The van der Waals surface area contributed by atoms with E-state index in [0.29, 0.717) is 10.6 Å². The van der Waals surface area contributed by atoms with Gasteiger partial charge in [0.1, 0.15) is 11.9 Å². The minimum Gasteiger partial charge on any atom is -0.321 e. The van der Waals surface area contributed by atoms with Crippen LogP contribution in [-0.2, 0) is 16.1 Å².